The highest BCUT2D eigenvalue weighted by atomic mass is 16.5. The lowest BCUT2D eigenvalue weighted by Gasteiger charge is -2.25. The van der Waals surface area contributed by atoms with Crippen LogP contribution in [0, 0.1) is 5.92 Å². The molecule has 3 heterocycles. The predicted molar refractivity (Wildman–Crippen MR) is 75.3 cm³/mol. The number of furan rings is 1. The average molecular weight is 275 g/mol. The summed E-state index contributed by atoms with van der Waals surface area (Å²) in [6, 6.07) is 3.92. The van der Waals surface area contributed by atoms with Gasteiger partial charge in [-0.25, -0.2) is 4.98 Å². The quantitative estimate of drug-likeness (QED) is 0.908. The van der Waals surface area contributed by atoms with Crippen molar-refractivity contribution in [3.05, 3.63) is 42.4 Å². The first-order valence-corrected chi connectivity index (χ1v) is 7.16. The molecule has 1 saturated heterocycles. The molecule has 0 aromatic carbocycles. The van der Waals surface area contributed by atoms with E-state index in [1.807, 2.05) is 36.1 Å². The van der Waals surface area contributed by atoms with Crippen LogP contribution in [-0.4, -0.2) is 29.3 Å². The predicted octanol–water partition coefficient (Wildman–Crippen LogP) is 2.12. The molecule has 1 fully saturated rings. The Labute approximate surface area is 118 Å². The second-order valence-corrected chi connectivity index (χ2v) is 5.31. The van der Waals surface area contributed by atoms with Crippen LogP contribution >= 0.6 is 0 Å². The number of aryl methyl sites for hydroxylation is 1. The number of imidazole rings is 1. The van der Waals surface area contributed by atoms with Gasteiger partial charge in [0.15, 0.2) is 0 Å². The monoisotopic (exact) mass is 275 g/mol. The van der Waals surface area contributed by atoms with Crippen LogP contribution in [0.5, 0.6) is 0 Å². The van der Waals surface area contributed by atoms with Gasteiger partial charge in [-0.3, -0.25) is 0 Å². The molecule has 0 aliphatic carbocycles. The summed E-state index contributed by atoms with van der Waals surface area (Å²) < 4.78 is 13.0. The van der Waals surface area contributed by atoms with Gasteiger partial charge in [0, 0.05) is 32.7 Å². The molecule has 0 saturated carbocycles. The first kappa shape index (κ1) is 13.4. The zero-order valence-electron chi connectivity index (χ0n) is 11.8. The van der Waals surface area contributed by atoms with Gasteiger partial charge in [-0.1, -0.05) is 0 Å². The summed E-state index contributed by atoms with van der Waals surface area (Å²) >= 11 is 0. The third kappa shape index (κ3) is 2.94. The first-order chi connectivity index (χ1) is 9.84. The van der Waals surface area contributed by atoms with Crippen LogP contribution in [0.25, 0.3) is 0 Å². The van der Waals surface area contributed by atoms with E-state index in [4.69, 9.17) is 9.15 Å². The number of aromatic nitrogens is 2. The molecule has 20 heavy (non-hydrogen) atoms. The molecule has 0 spiro atoms. The van der Waals surface area contributed by atoms with Gasteiger partial charge in [0.2, 0.25) is 0 Å². The number of nitrogens with zero attached hydrogens (tertiary/aromatic N) is 2. The van der Waals surface area contributed by atoms with Crippen LogP contribution < -0.4 is 5.32 Å². The van der Waals surface area contributed by atoms with Crippen LogP contribution in [0.1, 0.15) is 30.5 Å². The zero-order valence-corrected chi connectivity index (χ0v) is 11.8. The minimum absolute atomic E-state index is 0.00726. The van der Waals surface area contributed by atoms with E-state index >= 15 is 0 Å². The van der Waals surface area contributed by atoms with E-state index in [1.165, 1.54) is 0 Å². The summed E-state index contributed by atoms with van der Waals surface area (Å²) in [6.45, 7) is 2.71. The fourth-order valence-corrected chi connectivity index (χ4v) is 2.66. The number of hydrogen-bond donors (Lipinski definition) is 1. The van der Waals surface area contributed by atoms with Crippen molar-refractivity contribution in [2.45, 2.75) is 18.9 Å². The van der Waals surface area contributed by atoms with Crippen molar-refractivity contribution >= 4 is 0 Å². The molecule has 2 aromatic heterocycles. The smallest absolute Gasteiger partial charge is 0.133 e. The summed E-state index contributed by atoms with van der Waals surface area (Å²) in [7, 11) is 2.01. The van der Waals surface area contributed by atoms with Gasteiger partial charge < -0.3 is 19.0 Å². The molecular formula is C15H21N3O2. The van der Waals surface area contributed by atoms with E-state index < -0.39 is 0 Å². The van der Waals surface area contributed by atoms with E-state index in [1.54, 1.807) is 6.26 Å². The van der Waals surface area contributed by atoms with Crippen LogP contribution in [0.4, 0.5) is 0 Å². The molecule has 1 atom stereocenters. The largest absolute Gasteiger partial charge is 0.467 e. The topological polar surface area (TPSA) is 52.2 Å². The molecule has 0 bridgehead atoms. The summed E-state index contributed by atoms with van der Waals surface area (Å²) in [5.74, 6) is 2.56. The maximum absolute atomic E-state index is 5.57. The lowest BCUT2D eigenvalue weighted by atomic mass is 10.00. The molecule has 1 aliphatic heterocycles. The van der Waals surface area contributed by atoms with Crippen molar-refractivity contribution in [3.63, 3.8) is 0 Å². The standard InChI is InChI=1S/C15H21N3O2/c1-18-7-6-16-15(18)14(13-3-2-8-20-13)17-11-12-4-9-19-10-5-12/h2-3,6-8,12,14,17H,4-5,9-11H2,1H3. The Hall–Kier alpha value is -1.59. The number of rotatable bonds is 5. The molecule has 0 amide bonds. The van der Waals surface area contributed by atoms with Gasteiger partial charge >= 0.3 is 0 Å². The molecule has 0 radical (unpaired) electrons. The Morgan fingerprint density at radius 1 is 1.45 bits per heavy atom. The van der Waals surface area contributed by atoms with Gasteiger partial charge in [0.05, 0.1) is 6.26 Å². The average Bonchev–Trinajstić information content (AvgIpc) is 3.13. The summed E-state index contributed by atoms with van der Waals surface area (Å²) in [5.41, 5.74) is 0. The van der Waals surface area contributed by atoms with Crippen molar-refractivity contribution in [1.82, 2.24) is 14.9 Å². The zero-order chi connectivity index (χ0) is 13.8. The van der Waals surface area contributed by atoms with Gasteiger partial charge in [-0.05, 0) is 37.4 Å². The Kier molecular flexibility index (Phi) is 4.18. The number of ether oxygens (including phenoxy) is 1. The highest BCUT2D eigenvalue weighted by molar-refractivity contribution is 5.15. The van der Waals surface area contributed by atoms with Crippen LogP contribution in [-0.2, 0) is 11.8 Å². The van der Waals surface area contributed by atoms with E-state index in [9.17, 15) is 0 Å². The Morgan fingerprint density at radius 3 is 2.95 bits per heavy atom. The maximum Gasteiger partial charge on any atom is 0.133 e. The van der Waals surface area contributed by atoms with Crippen molar-refractivity contribution in [2.24, 2.45) is 13.0 Å². The van der Waals surface area contributed by atoms with Crippen molar-refractivity contribution < 1.29 is 9.15 Å². The Morgan fingerprint density at radius 2 is 2.30 bits per heavy atom. The highest BCUT2D eigenvalue weighted by Crippen LogP contribution is 2.22. The van der Waals surface area contributed by atoms with E-state index in [2.05, 4.69) is 10.3 Å². The lowest BCUT2D eigenvalue weighted by molar-refractivity contribution is 0.0655. The second-order valence-electron chi connectivity index (χ2n) is 5.31. The molecule has 1 unspecified atom stereocenters. The summed E-state index contributed by atoms with van der Waals surface area (Å²) in [6.07, 6.45) is 7.74. The van der Waals surface area contributed by atoms with Crippen LogP contribution in [0.15, 0.2) is 35.2 Å². The number of nitrogens with one attached hydrogen (secondary N) is 1. The molecule has 1 aliphatic rings. The van der Waals surface area contributed by atoms with E-state index in [-0.39, 0.29) is 6.04 Å². The normalized spacial score (nSPS) is 18.2. The summed E-state index contributed by atoms with van der Waals surface area (Å²) in [4.78, 5) is 4.45. The highest BCUT2D eigenvalue weighted by Gasteiger charge is 2.22. The molecular weight excluding hydrogens is 254 g/mol. The molecule has 3 rings (SSSR count). The molecule has 1 N–H and O–H groups in total. The van der Waals surface area contributed by atoms with Crippen LogP contribution in [0.3, 0.4) is 0 Å². The SMILES string of the molecule is Cn1ccnc1C(NCC1CCOCC1)c1ccco1. The van der Waals surface area contributed by atoms with Gasteiger partial charge in [0.1, 0.15) is 17.6 Å². The molecule has 108 valence electrons. The van der Waals surface area contributed by atoms with E-state index in [0.29, 0.717) is 5.92 Å². The third-order valence-corrected chi connectivity index (χ3v) is 3.90. The minimum atomic E-state index is 0.00726. The lowest BCUT2D eigenvalue weighted by Crippen LogP contribution is -2.32. The van der Waals surface area contributed by atoms with Gasteiger partial charge in [-0.2, -0.15) is 0 Å². The van der Waals surface area contributed by atoms with Gasteiger partial charge in [-0.15, -0.1) is 0 Å². The Balaban J connectivity index is 1.71. The van der Waals surface area contributed by atoms with E-state index in [0.717, 1.165) is 44.2 Å². The molecule has 5 heteroatoms. The second kappa shape index (κ2) is 6.24. The Bertz CT molecular complexity index is 515. The van der Waals surface area contributed by atoms with Crippen molar-refractivity contribution in [2.75, 3.05) is 19.8 Å². The molecule has 2 aromatic rings. The first-order valence-electron chi connectivity index (χ1n) is 7.16. The maximum atomic E-state index is 5.57. The fraction of sp³-hybridized carbons (Fsp3) is 0.533. The van der Waals surface area contributed by atoms with Crippen molar-refractivity contribution in [3.8, 4) is 0 Å². The number of hydrogen-bond acceptors (Lipinski definition) is 4. The van der Waals surface area contributed by atoms with Crippen molar-refractivity contribution in [1.29, 1.82) is 0 Å². The van der Waals surface area contributed by atoms with Crippen LogP contribution in [0.2, 0.25) is 0 Å². The minimum Gasteiger partial charge on any atom is -0.467 e. The molecule has 5 nitrogen and oxygen atoms in total. The van der Waals surface area contributed by atoms with Gasteiger partial charge in [0.25, 0.3) is 0 Å². The summed E-state index contributed by atoms with van der Waals surface area (Å²) in [5, 5.41) is 3.60. The third-order valence-electron chi connectivity index (χ3n) is 3.90. The fourth-order valence-electron chi connectivity index (χ4n) is 2.66.